The quantitative estimate of drug-likeness (QED) is 0.385. The maximum Gasteiger partial charge on any atom is 0.410 e. The standard InChI is InChI=1S/C26H27F3N4O3S/c1-3-36-25(35)22-16-10-9-14(2)11-19(16)37-24(22)31-23(34)18-13-21-30-17(15-7-5-4-6-8-15)12-20(26(27,28)29)33(21)32-18/h4-8,13-14,17,20,30H,3,9-12H2,1-2H3,(H,31,34). The topological polar surface area (TPSA) is 85.2 Å². The van der Waals surface area contributed by atoms with Crippen LogP contribution in [0.2, 0.25) is 0 Å². The number of nitrogens with zero attached hydrogens (tertiary/aromatic N) is 2. The van der Waals surface area contributed by atoms with Crippen molar-refractivity contribution in [2.45, 2.75) is 57.8 Å². The van der Waals surface area contributed by atoms with Gasteiger partial charge in [0.1, 0.15) is 10.8 Å². The van der Waals surface area contributed by atoms with Crippen molar-refractivity contribution in [3.05, 3.63) is 63.7 Å². The van der Waals surface area contributed by atoms with Gasteiger partial charge in [-0.1, -0.05) is 37.3 Å². The highest BCUT2D eigenvalue weighted by molar-refractivity contribution is 7.17. The van der Waals surface area contributed by atoms with Gasteiger partial charge in [0.15, 0.2) is 11.7 Å². The molecule has 2 aromatic heterocycles. The fraction of sp³-hybridized carbons (Fsp3) is 0.423. The van der Waals surface area contributed by atoms with E-state index in [4.69, 9.17) is 4.74 Å². The fourth-order valence-electron chi connectivity index (χ4n) is 5.01. The Balaban J connectivity index is 1.46. The first-order chi connectivity index (χ1) is 17.7. The molecule has 0 bridgehead atoms. The SMILES string of the molecule is CCOC(=O)c1c(NC(=O)c2cc3n(n2)C(C(F)(F)F)CC(c2ccccc2)N3)sc2c1CCC(C)C2. The van der Waals surface area contributed by atoms with Crippen LogP contribution >= 0.6 is 11.3 Å². The third-order valence-electron chi connectivity index (χ3n) is 6.84. The van der Waals surface area contributed by atoms with Crippen LogP contribution in [0.3, 0.4) is 0 Å². The Morgan fingerprint density at radius 3 is 2.73 bits per heavy atom. The zero-order valence-electron chi connectivity index (χ0n) is 20.4. The van der Waals surface area contributed by atoms with Gasteiger partial charge in [-0.3, -0.25) is 4.79 Å². The number of nitrogens with one attached hydrogen (secondary N) is 2. The van der Waals surface area contributed by atoms with Gasteiger partial charge >= 0.3 is 12.1 Å². The number of carbonyl (C=O) groups excluding carboxylic acids is 2. The Bertz CT molecular complexity index is 1320. The summed E-state index contributed by atoms with van der Waals surface area (Å²) in [5.74, 6) is -0.637. The summed E-state index contributed by atoms with van der Waals surface area (Å²) in [7, 11) is 0. The lowest BCUT2D eigenvalue weighted by Crippen LogP contribution is -2.35. The number of carbonyl (C=O) groups is 2. The molecule has 0 saturated heterocycles. The van der Waals surface area contributed by atoms with Gasteiger partial charge in [-0.25, -0.2) is 9.48 Å². The van der Waals surface area contributed by atoms with Crippen LogP contribution in [0, 0.1) is 5.92 Å². The lowest BCUT2D eigenvalue weighted by Gasteiger charge is -2.33. The van der Waals surface area contributed by atoms with Gasteiger partial charge in [-0.2, -0.15) is 18.3 Å². The zero-order chi connectivity index (χ0) is 26.3. The molecule has 0 spiro atoms. The molecule has 7 nitrogen and oxygen atoms in total. The minimum Gasteiger partial charge on any atom is -0.462 e. The van der Waals surface area contributed by atoms with Crippen LogP contribution in [-0.4, -0.2) is 34.4 Å². The van der Waals surface area contributed by atoms with Crippen LogP contribution in [0.15, 0.2) is 36.4 Å². The van der Waals surface area contributed by atoms with E-state index in [-0.39, 0.29) is 24.5 Å². The molecule has 196 valence electrons. The van der Waals surface area contributed by atoms with Crippen molar-refractivity contribution < 1.29 is 27.5 Å². The van der Waals surface area contributed by atoms with Crippen molar-refractivity contribution in [2.24, 2.45) is 5.92 Å². The number of alkyl halides is 3. The molecule has 11 heteroatoms. The third kappa shape index (κ3) is 4.96. The summed E-state index contributed by atoms with van der Waals surface area (Å²) in [5, 5.41) is 10.2. The summed E-state index contributed by atoms with van der Waals surface area (Å²) >= 11 is 1.32. The molecule has 1 aliphatic carbocycles. The van der Waals surface area contributed by atoms with Crippen molar-refractivity contribution in [1.29, 1.82) is 0 Å². The molecule has 37 heavy (non-hydrogen) atoms. The van der Waals surface area contributed by atoms with Crippen molar-refractivity contribution in [2.75, 3.05) is 17.2 Å². The van der Waals surface area contributed by atoms with Crippen LogP contribution in [0.25, 0.3) is 0 Å². The van der Waals surface area contributed by atoms with Crippen LogP contribution in [0.4, 0.5) is 24.0 Å². The van der Waals surface area contributed by atoms with Crippen molar-refractivity contribution in [1.82, 2.24) is 9.78 Å². The predicted octanol–water partition coefficient (Wildman–Crippen LogP) is 6.16. The lowest BCUT2D eigenvalue weighted by atomic mass is 9.88. The summed E-state index contributed by atoms with van der Waals surface area (Å²) in [5.41, 5.74) is 1.76. The highest BCUT2D eigenvalue weighted by Gasteiger charge is 2.47. The largest absolute Gasteiger partial charge is 0.462 e. The van der Waals surface area contributed by atoms with E-state index >= 15 is 0 Å². The Hall–Kier alpha value is -3.34. The smallest absolute Gasteiger partial charge is 0.410 e. The molecule has 1 amide bonds. The molecule has 3 heterocycles. The fourth-order valence-corrected chi connectivity index (χ4v) is 6.41. The molecule has 3 atom stereocenters. The van der Waals surface area contributed by atoms with Gasteiger partial charge in [-0.05, 0) is 43.2 Å². The van der Waals surface area contributed by atoms with Crippen LogP contribution < -0.4 is 10.6 Å². The third-order valence-corrected chi connectivity index (χ3v) is 8.01. The number of hydrogen-bond donors (Lipinski definition) is 2. The maximum absolute atomic E-state index is 14.0. The second-order valence-corrected chi connectivity index (χ2v) is 10.6. The number of esters is 1. The van der Waals surface area contributed by atoms with Gasteiger partial charge in [0.05, 0.1) is 18.2 Å². The molecule has 1 aromatic carbocycles. The molecule has 2 N–H and O–H groups in total. The van der Waals surface area contributed by atoms with E-state index in [1.807, 2.05) is 0 Å². The Kier molecular flexibility index (Phi) is 6.74. The van der Waals surface area contributed by atoms with E-state index in [9.17, 15) is 22.8 Å². The van der Waals surface area contributed by atoms with Gasteiger partial charge in [0.2, 0.25) is 0 Å². The molecule has 2 aliphatic rings. The number of ether oxygens (including phenoxy) is 1. The second kappa shape index (κ2) is 9.85. The zero-order valence-corrected chi connectivity index (χ0v) is 21.2. The highest BCUT2D eigenvalue weighted by atomic mass is 32.1. The molecule has 1 aliphatic heterocycles. The number of amides is 1. The average molecular weight is 533 g/mol. The van der Waals surface area contributed by atoms with E-state index in [1.54, 1.807) is 37.3 Å². The highest BCUT2D eigenvalue weighted by Crippen LogP contribution is 2.44. The summed E-state index contributed by atoms with van der Waals surface area (Å²) in [4.78, 5) is 27.0. The number of fused-ring (bicyclic) bond motifs is 2. The molecular formula is C26H27F3N4O3S. The van der Waals surface area contributed by atoms with E-state index in [1.165, 1.54) is 17.4 Å². The normalized spacial score (nSPS) is 20.9. The number of halogens is 3. The van der Waals surface area contributed by atoms with Gasteiger partial charge in [0, 0.05) is 17.4 Å². The van der Waals surface area contributed by atoms with E-state index in [0.717, 1.165) is 28.0 Å². The second-order valence-electron chi connectivity index (χ2n) is 9.49. The van der Waals surface area contributed by atoms with Gasteiger partial charge in [-0.15, -0.1) is 11.3 Å². The van der Waals surface area contributed by atoms with E-state index in [2.05, 4.69) is 22.7 Å². The lowest BCUT2D eigenvalue weighted by molar-refractivity contribution is -0.173. The van der Waals surface area contributed by atoms with E-state index < -0.39 is 30.1 Å². The molecule has 3 aromatic rings. The summed E-state index contributed by atoms with van der Waals surface area (Å²) in [6.07, 6.45) is -2.40. The minimum absolute atomic E-state index is 0.109. The first-order valence-corrected chi connectivity index (χ1v) is 13.1. The monoisotopic (exact) mass is 532 g/mol. The van der Waals surface area contributed by atoms with Crippen LogP contribution in [0.1, 0.15) is 75.6 Å². The summed E-state index contributed by atoms with van der Waals surface area (Å²) in [6, 6.07) is 7.72. The minimum atomic E-state index is -4.55. The number of rotatable bonds is 5. The maximum atomic E-state index is 14.0. The molecular weight excluding hydrogens is 505 g/mol. The predicted molar refractivity (Wildman–Crippen MR) is 134 cm³/mol. The average Bonchev–Trinajstić information content (AvgIpc) is 3.44. The van der Waals surface area contributed by atoms with Crippen molar-refractivity contribution in [3.8, 4) is 0 Å². The van der Waals surface area contributed by atoms with Crippen LogP contribution in [0.5, 0.6) is 0 Å². The molecule has 0 saturated carbocycles. The Morgan fingerprint density at radius 2 is 2.03 bits per heavy atom. The Morgan fingerprint density at radius 1 is 1.27 bits per heavy atom. The molecule has 0 radical (unpaired) electrons. The number of thiophene rings is 1. The van der Waals surface area contributed by atoms with Crippen LogP contribution in [-0.2, 0) is 17.6 Å². The summed E-state index contributed by atoms with van der Waals surface area (Å²) < 4.78 is 48.1. The van der Waals surface area contributed by atoms with Gasteiger partial charge < -0.3 is 15.4 Å². The number of benzene rings is 1. The van der Waals surface area contributed by atoms with Gasteiger partial charge in [0.25, 0.3) is 5.91 Å². The molecule has 0 fully saturated rings. The number of anilines is 2. The number of aromatic nitrogens is 2. The molecule has 5 rings (SSSR count). The van der Waals surface area contributed by atoms with Crippen molar-refractivity contribution >= 4 is 34.0 Å². The Labute approximate surface area is 216 Å². The first-order valence-electron chi connectivity index (χ1n) is 12.3. The number of hydrogen-bond acceptors (Lipinski definition) is 6. The van der Waals surface area contributed by atoms with E-state index in [0.29, 0.717) is 28.5 Å². The first kappa shape index (κ1) is 25.3. The summed E-state index contributed by atoms with van der Waals surface area (Å²) in [6.45, 7) is 4.03. The molecule has 3 unspecified atom stereocenters. The van der Waals surface area contributed by atoms with Crippen molar-refractivity contribution in [3.63, 3.8) is 0 Å².